The third-order valence-electron chi connectivity index (χ3n) is 2.64. The number of ether oxygens (including phenoxy) is 1. The van der Waals surface area contributed by atoms with Crippen molar-refractivity contribution in [2.45, 2.75) is 19.9 Å². The maximum atomic E-state index is 11.0. The van der Waals surface area contributed by atoms with E-state index >= 15 is 0 Å². The lowest BCUT2D eigenvalue weighted by Crippen LogP contribution is -2.18. The van der Waals surface area contributed by atoms with Crippen molar-refractivity contribution >= 4 is 5.97 Å². The average molecular weight is 262 g/mol. The lowest BCUT2D eigenvalue weighted by atomic mass is 10.2. The molecule has 1 aromatic carbocycles. The van der Waals surface area contributed by atoms with Gasteiger partial charge in [-0.2, -0.15) is 0 Å². The van der Waals surface area contributed by atoms with Crippen LogP contribution in [0.4, 0.5) is 0 Å². The highest BCUT2D eigenvalue weighted by atomic mass is 16.5. The van der Waals surface area contributed by atoms with E-state index in [-0.39, 0.29) is 0 Å². The van der Waals surface area contributed by atoms with Crippen molar-refractivity contribution in [1.29, 1.82) is 0 Å². The average Bonchev–Trinajstić information content (AvgIpc) is 2.87. The first-order valence-corrected chi connectivity index (χ1v) is 5.88. The Morgan fingerprint density at radius 1 is 1.47 bits per heavy atom. The molecule has 2 rings (SSSR count). The topological polar surface area (TPSA) is 90.1 Å². The van der Waals surface area contributed by atoms with Gasteiger partial charge in [-0.3, -0.25) is 0 Å². The highest BCUT2D eigenvalue weighted by Gasteiger charge is 2.21. The fraction of sp³-hybridized carbons (Fsp3) is 0.333. The van der Waals surface area contributed by atoms with Gasteiger partial charge in [0.05, 0.1) is 12.2 Å². The first kappa shape index (κ1) is 13.0. The van der Waals surface area contributed by atoms with Gasteiger partial charge in [-0.25, -0.2) is 9.48 Å². The van der Waals surface area contributed by atoms with Crippen LogP contribution in [0.2, 0.25) is 0 Å². The van der Waals surface area contributed by atoms with Crippen LogP contribution in [0.1, 0.15) is 19.9 Å². The fourth-order valence-electron chi connectivity index (χ4n) is 1.67. The Kier molecular flexibility index (Phi) is 3.74. The summed E-state index contributed by atoms with van der Waals surface area (Å²) < 4.78 is 6.76. The Bertz CT molecular complexity index is 582. The molecule has 1 aromatic heterocycles. The molecule has 0 saturated carbocycles. The zero-order valence-corrected chi connectivity index (χ0v) is 10.6. The number of nitrogens with zero attached hydrogens (tertiary/aromatic N) is 4. The summed E-state index contributed by atoms with van der Waals surface area (Å²) in [5.74, 6) is 0.0000276. The SMILES string of the molecule is CCOc1ccccc1-c1nnnn1C(C)C(=O)O. The first-order chi connectivity index (χ1) is 9.15. The molecule has 0 bridgehead atoms. The van der Waals surface area contributed by atoms with E-state index in [0.717, 1.165) is 0 Å². The number of carbonyl (C=O) groups is 1. The number of carboxylic acids is 1. The van der Waals surface area contributed by atoms with Crippen molar-refractivity contribution in [3.05, 3.63) is 24.3 Å². The highest BCUT2D eigenvalue weighted by molar-refractivity contribution is 5.73. The number of benzene rings is 1. The molecule has 0 spiro atoms. The van der Waals surface area contributed by atoms with Crippen molar-refractivity contribution in [2.24, 2.45) is 0 Å². The minimum absolute atomic E-state index is 0.374. The van der Waals surface area contributed by atoms with Crippen LogP contribution in [-0.4, -0.2) is 37.9 Å². The van der Waals surface area contributed by atoms with Crippen molar-refractivity contribution < 1.29 is 14.6 Å². The molecule has 1 atom stereocenters. The lowest BCUT2D eigenvalue weighted by Gasteiger charge is -2.11. The summed E-state index contributed by atoms with van der Waals surface area (Å²) in [5.41, 5.74) is 0.669. The molecule has 1 N–H and O–H groups in total. The van der Waals surface area contributed by atoms with Crippen molar-refractivity contribution in [2.75, 3.05) is 6.61 Å². The molecule has 0 aliphatic rings. The molecule has 0 aliphatic carbocycles. The van der Waals surface area contributed by atoms with Crippen molar-refractivity contribution in [1.82, 2.24) is 20.2 Å². The second-order valence-electron chi connectivity index (χ2n) is 3.89. The third-order valence-corrected chi connectivity index (χ3v) is 2.64. The van der Waals surface area contributed by atoms with Crippen LogP contribution < -0.4 is 4.74 Å². The summed E-state index contributed by atoms with van der Waals surface area (Å²) in [6.07, 6.45) is 0. The summed E-state index contributed by atoms with van der Waals surface area (Å²) in [7, 11) is 0. The zero-order valence-electron chi connectivity index (χ0n) is 10.6. The number of tetrazole rings is 1. The standard InChI is InChI=1S/C12H14N4O3/c1-3-19-10-7-5-4-6-9(10)11-13-14-15-16(11)8(2)12(17)18/h4-8H,3H2,1-2H3,(H,17,18). The van der Waals surface area contributed by atoms with Gasteiger partial charge in [0.15, 0.2) is 11.9 Å². The summed E-state index contributed by atoms with van der Waals surface area (Å²) in [5, 5.41) is 20.2. The van der Waals surface area contributed by atoms with Crippen LogP contribution in [0, 0.1) is 0 Å². The quantitative estimate of drug-likeness (QED) is 0.875. The van der Waals surface area contributed by atoms with E-state index in [0.29, 0.717) is 23.7 Å². The zero-order chi connectivity index (χ0) is 13.8. The minimum Gasteiger partial charge on any atom is -0.493 e. The van der Waals surface area contributed by atoms with Gasteiger partial charge in [0.25, 0.3) is 0 Å². The maximum Gasteiger partial charge on any atom is 0.328 e. The van der Waals surface area contributed by atoms with Crippen LogP contribution >= 0.6 is 0 Å². The fourth-order valence-corrected chi connectivity index (χ4v) is 1.67. The summed E-state index contributed by atoms with van der Waals surface area (Å²) >= 11 is 0. The maximum absolute atomic E-state index is 11.0. The van der Waals surface area contributed by atoms with Gasteiger partial charge in [0.1, 0.15) is 5.75 Å². The summed E-state index contributed by atoms with van der Waals surface area (Å²) in [4.78, 5) is 11.0. The second kappa shape index (κ2) is 5.47. The molecular weight excluding hydrogens is 248 g/mol. The molecule has 7 heteroatoms. The smallest absolute Gasteiger partial charge is 0.328 e. The van der Waals surface area contributed by atoms with Gasteiger partial charge in [0, 0.05) is 0 Å². The predicted octanol–water partition coefficient (Wildman–Crippen LogP) is 1.38. The molecule has 19 heavy (non-hydrogen) atoms. The van der Waals surface area contributed by atoms with Gasteiger partial charge in [-0.15, -0.1) is 5.10 Å². The number of hydrogen-bond acceptors (Lipinski definition) is 5. The highest BCUT2D eigenvalue weighted by Crippen LogP contribution is 2.29. The van der Waals surface area contributed by atoms with Gasteiger partial charge in [-0.05, 0) is 36.4 Å². The van der Waals surface area contributed by atoms with E-state index in [1.54, 1.807) is 12.1 Å². The lowest BCUT2D eigenvalue weighted by molar-refractivity contribution is -0.140. The molecular formula is C12H14N4O3. The van der Waals surface area contributed by atoms with E-state index < -0.39 is 12.0 Å². The van der Waals surface area contributed by atoms with Crippen LogP contribution in [0.15, 0.2) is 24.3 Å². The van der Waals surface area contributed by atoms with E-state index in [2.05, 4.69) is 15.5 Å². The molecule has 100 valence electrons. The van der Waals surface area contributed by atoms with Crippen molar-refractivity contribution in [3.8, 4) is 17.1 Å². The van der Waals surface area contributed by atoms with Gasteiger partial charge in [-0.1, -0.05) is 12.1 Å². The van der Waals surface area contributed by atoms with Crippen LogP contribution in [0.25, 0.3) is 11.4 Å². The molecule has 0 aliphatic heterocycles. The minimum atomic E-state index is -0.998. The largest absolute Gasteiger partial charge is 0.493 e. The summed E-state index contributed by atoms with van der Waals surface area (Å²) in [6, 6.07) is 6.40. The van der Waals surface area contributed by atoms with Crippen molar-refractivity contribution in [3.63, 3.8) is 0 Å². The Balaban J connectivity index is 2.48. The molecule has 1 unspecified atom stereocenters. The van der Waals surface area contributed by atoms with Crippen LogP contribution in [0.3, 0.4) is 0 Å². The number of aromatic nitrogens is 4. The number of carboxylic acid groups (broad SMARTS) is 1. The van der Waals surface area contributed by atoms with E-state index in [1.807, 2.05) is 19.1 Å². The second-order valence-corrected chi connectivity index (χ2v) is 3.89. The van der Waals surface area contributed by atoms with Gasteiger partial charge >= 0.3 is 5.97 Å². The van der Waals surface area contributed by atoms with Crippen LogP contribution in [-0.2, 0) is 4.79 Å². The molecule has 1 heterocycles. The van der Waals surface area contributed by atoms with Crippen LogP contribution in [0.5, 0.6) is 5.75 Å². The number of rotatable bonds is 5. The Morgan fingerprint density at radius 2 is 2.21 bits per heavy atom. The van der Waals surface area contributed by atoms with Gasteiger partial charge in [0.2, 0.25) is 0 Å². The Hall–Kier alpha value is -2.44. The molecule has 7 nitrogen and oxygen atoms in total. The Morgan fingerprint density at radius 3 is 2.89 bits per heavy atom. The molecule has 0 radical (unpaired) electrons. The Labute approximate surface area is 109 Å². The monoisotopic (exact) mass is 262 g/mol. The predicted molar refractivity (Wildman–Crippen MR) is 66.8 cm³/mol. The molecule has 0 amide bonds. The number of hydrogen-bond donors (Lipinski definition) is 1. The van der Waals surface area contributed by atoms with E-state index in [4.69, 9.17) is 9.84 Å². The van der Waals surface area contributed by atoms with E-state index in [9.17, 15) is 4.79 Å². The molecule has 0 fully saturated rings. The first-order valence-electron chi connectivity index (χ1n) is 5.88. The molecule has 2 aromatic rings. The third kappa shape index (κ3) is 2.54. The molecule has 0 saturated heterocycles. The number of aliphatic carboxylic acids is 1. The normalized spacial score (nSPS) is 12.1. The van der Waals surface area contributed by atoms with E-state index in [1.165, 1.54) is 11.6 Å². The van der Waals surface area contributed by atoms with Gasteiger partial charge < -0.3 is 9.84 Å². The number of para-hydroxylation sites is 1. The summed E-state index contributed by atoms with van der Waals surface area (Å²) in [6.45, 7) is 3.90.